The molecule has 4 nitrogen and oxygen atoms in total. The first-order chi connectivity index (χ1) is 15.0. The second kappa shape index (κ2) is 9.00. The predicted molar refractivity (Wildman–Crippen MR) is 125 cm³/mol. The first-order valence-electron chi connectivity index (χ1n) is 10.6. The summed E-state index contributed by atoms with van der Waals surface area (Å²) in [6.45, 7) is 4.72. The number of carbonyl (C=O) groups excluding carboxylic acids is 2. The number of ketones is 1. The van der Waals surface area contributed by atoms with Gasteiger partial charge in [-0.15, -0.1) is 0 Å². The van der Waals surface area contributed by atoms with Crippen molar-refractivity contribution in [3.63, 3.8) is 0 Å². The van der Waals surface area contributed by atoms with E-state index in [1.807, 2.05) is 42.6 Å². The Labute approximate surface area is 182 Å². The predicted octanol–water partition coefficient (Wildman–Crippen LogP) is 5.50. The molecule has 0 radical (unpaired) electrons. The van der Waals surface area contributed by atoms with Crippen LogP contribution in [0.3, 0.4) is 0 Å². The molecule has 0 atom stereocenters. The molecule has 1 heterocycles. The number of hydrogen-bond acceptors (Lipinski definition) is 2. The maximum absolute atomic E-state index is 12.7. The largest absolute Gasteiger partial charge is 0.361 e. The lowest BCUT2D eigenvalue weighted by atomic mass is 9.97. The monoisotopic (exact) mass is 410 g/mol. The summed E-state index contributed by atoms with van der Waals surface area (Å²) in [5, 5.41) is 3.90. The van der Waals surface area contributed by atoms with Gasteiger partial charge in [-0.05, 0) is 46.7 Å². The molecular weight excluding hydrogens is 384 g/mol. The molecule has 3 aromatic carbocycles. The van der Waals surface area contributed by atoms with Gasteiger partial charge in [-0.2, -0.15) is 0 Å². The molecule has 0 aliphatic carbocycles. The summed E-state index contributed by atoms with van der Waals surface area (Å²) in [5.74, 6) is -0.623. The summed E-state index contributed by atoms with van der Waals surface area (Å²) >= 11 is 0. The minimum Gasteiger partial charge on any atom is -0.361 e. The molecule has 31 heavy (non-hydrogen) atoms. The number of benzene rings is 3. The van der Waals surface area contributed by atoms with E-state index in [4.69, 9.17) is 0 Å². The molecule has 0 aliphatic heterocycles. The molecule has 156 valence electrons. The molecule has 0 aliphatic rings. The van der Waals surface area contributed by atoms with Crippen LogP contribution in [0.5, 0.6) is 0 Å². The highest BCUT2D eigenvalue weighted by molar-refractivity contribution is 6.42. The molecule has 0 unspecified atom stereocenters. The summed E-state index contributed by atoms with van der Waals surface area (Å²) in [6, 6.07) is 23.6. The van der Waals surface area contributed by atoms with Gasteiger partial charge in [-0.25, -0.2) is 0 Å². The van der Waals surface area contributed by atoms with Crippen LogP contribution in [-0.2, 0) is 11.2 Å². The molecule has 0 saturated carbocycles. The number of rotatable bonds is 7. The van der Waals surface area contributed by atoms with Gasteiger partial charge in [0, 0.05) is 29.2 Å². The zero-order valence-corrected chi connectivity index (χ0v) is 17.8. The lowest BCUT2D eigenvalue weighted by Crippen LogP contribution is -2.32. The number of carbonyl (C=O) groups is 2. The summed E-state index contributed by atoms with van der Waals surface area (Å²) in [6.07, 6.45) is 2.61. The Morgan fingerprint density at radius 1 is 0.903 bits per heavy atom. The average Bonchev–Trinajstić information content (AvgIpc) is 3.22. The molecule has 1 aromatic heterocycles. The molecule has 2 N–H and O–H groups in total. The van der Waals surface area contributed by atoms with Gasteiger partial charge in [0.2, 0.25) is 5.78 Å². The van der Waals surface area contributed by atoms with E-state index in [1.54, 1.807) is 12.1 Å². The fourth-order valence-electron chi connectivity index (χ4n) is 3.76. The van der Waals surface area contributed by atoms with E-state index in [9.17, 15) is 9.59 Å². The molecule has 4 aromatic rings. The van der Waals surface area contributed by atoms with Gasteiger partial charge in [-0.1, -0.05) is 74.5 Å². The smallest absolute Gasteiger partial charge is 0.292 e. The molecule has 0 bridgehead atoms. The highest BCUT2D eigenvalue weighted by atomic mass is 16.2. The van der Waals surface area contributed by atoms with Crippen LogP contribution in [0.25, 0.3) is 22.0 Å². The SMILES string of the molecule is CC(C)c1ccc(-c2cccc(C(=O)C(=O)NCCc3c[nH]c4ccccc34)c2)cc1. The minimum atomic E-state index is -0.577. The Kier molecular flexibility index (Phi) is 5.99. The Hall–Kier alpha value is -3.66. The number of fused-ring (bicyclic) bond motifs is 1. The summed E-state index contributed by atoms with van der Waals surface area (Å²) < 4.78 is 0. The number of hydrogen-bond donors (Lipinski definition) is 2. The number of amides is 1. The number of aromatic amines is 1. The van der Waals surface area contributed by atoms with Gasteiger partial charge >= 0.3 is 0 Å². The van der Waals surface area contributed by atoms with Gasteiger partial charge in [0.15, 0.2) is 0 Å². The van der Waals surface area contributed by atoms with Crippen molar-refractivity contribution in [3.8, 4) is 11.1 Å². The van der Waals surface area contributed by atoms with Crippen molar-refractivity contribution in [2.45, 2.75) is 26.2 Å². The molecule has 1 amide bonds. The highest BCUT2D eigenvalue weighted by Crippen LogP contribution is 2.24. The molecular formula is C27H26N2O2. The second-order valence-electron chi connectivity index (χ2n) is 8.05. The number of aromatic nitrogens is 1. The van der Waals surface area contributed by atoms with Crippen molar-refractivity contribution < 1.29 is 9.59 Å². The van der Waals surface area contributed by atoms with Crippen LogP contribution in [0.4, 0.5) is 0 Å². The molecule has 4 heteroatoms. The van der Waals surface area contributed by atoms with Crippen LogP contribution in [0, 0.1) is 0 Å². The fraction of sp³-hybridized carbons (Fsp3) is 0.185. The maximum atomic E-state index is 12.7. The van der Waals surface area contributed by atoms with E-state index in [0.29, 0.717) is 24.4 Å². The number of Topliss-reactive ketones (excluding diaryl/α,β-unsaturated/α-hetero) is 1. The van der Waals surface area contributed by atoms with Crippen molar-refractivity contribution in [1.82, 2.24) is 10.3 Å². The third-order valence-corrected chi connectivity index (χ3v) is 5.60. The third kappa shape index (κ3) is 4.58. The Bertz CT molecular complexity index is 1220. The van der Waals surface area contributed by atoms with Gasteiger partial charge in [0.25, 0.3) is 5.91 Å². The normalized spacial score (nSPS) is 11.1. The van der Waals surface area contributed by atoms with E-state index in [-0.39, 0.29) is 0 Å². The third-order valence-electron chi connectivity index (χ3n) is 5.60. The summed E-state index contributed by atoms with van der Waals surface area (Å²) in [7, 11) is 0. The molecule has 0 fully saturated rings. The second-order valence-corrected chi connectivity index (χ2v) is 8.05. The van der Waals surface area contributed by atoms with Crippen molar-refractivity contribution in [2.75, 3.05) is 6.54 Å². The van der Waals surface area contributed by atoms with Crippen LogP contribution in [0.2, 0.25) is 0 Å². The van der Waals surface area contributed by atoms with E-state index < -0.39 is 11.7 Å². The van der Waals surface area contributed by atoms with Crippen LogP contribution in [-0.4, -0.2) is 23.2 Å². The van der Waals surface area contributed by atoms with Crippen molar-refractivity contribution in [3.05, 3.63) is 95.7 Å². The van der Waals surface area contributed by atoms with Crippen molar-refractivity contribution >= 4 is 22.6 Å². The zero-order chi connectivity index (χ0) is 21.8. The number of nitrogens with one attached hydrogen (secondary N) is 2. The summed E-state index contributed by atoms with van der Waals surface area (Å²) in [4.78, 5) is 28.3. The van der Waals surface area contributed by atoms with Crippen LogP contribution in [0.1, 0.15) is 41.3 Å². The number of para-hydroxylation sites is 1. The van der Waals surface area contributed by atoms with E-state index in [0.717, 1.165) is 27.6 Å². The standard InChI is InChI=1S/C27H26N2O2/c1-18(2)19-10-12-20(13-11-19)21-6-5-7-22(16-21)26(30)27(31)28-15-14-23-17-29-25-9-4-3-8-24(23)25/h3-13,16-18,29H,14-15H2,1-2H3,(H,28,31). The van der Waals surface area contributed by atoms with E-state index in [2.05, 4.69) is 48.4 Å². The topological polar surface area (TPSA) is 62.0 Å². The first-order valence-corrected chi connectivity index (χ1v) is 10.6. The van der Waals surface area contributed by atoms with Crippen LogP contribution < -0.4 is 5.32 Å². The van der Waals surface area contributed by atoms with Gasteiger partial charge in [-0.3, -0.25) is 9.59 Å². The van der Waals surface area contributed by atoms with E-state index >= 15 is 0 Å². The first kappa shape index (κ1) is 20.6. The van der Waals surface area contributed by atoms with Crippen LogP contribution >= 0.6 is 0 Å². The zero-order valence-electron chi connectivity index (χ0n) is 17.8. The fourth-order valence-corrected chi connectivity index (χ4v) is 3.76. The van der Waals surface area contributed by atoms with E-state index in [1.165, 1.54) is 5.56 Å². The minimum absolute atomic E-state index is 0.398. The number of H-pyrrole nitrogens is 1. The lowest BCUT2D eigenvalue weighted by Gasteiger charge is -2.09. The van der Waals surface area contributed by atoms with Crippen molar-refractivity contribution in [2.24, 2.45) is 0 Å². The Morgan fingerprint density at radius 3 is 2.45 bits per heavy atom. The molecule has 0 spiro atoms. The molecule has 4 rings (SSSR count). The van der Waals surface area contributed by atoms with Gasteiger partial charge in [0.05, 0.1) is 0 Å². The van der Waals surface area contributed by atoms with Gasteiger partial charge < -0.3 is 10.3 Å². The molecule has 0 saturated heterocycles. The Balaban J connectivity index is 1.40. The maximum Gasteiger partial charge on any atom is 0.292 e. The van der Waals surface area contributed by atoms with Crippen LogP contribution in [0.15, 0.2) is 79.0 Å². The van der Waals surface area contributed by atoms with Gasteiger partial charge in [0.1, 0.15) is 0 Å². The Morgan fingerprint density at radius 2 is 1.68 bits per heavy atom. The quantitative estimate of drug-likeness (QED) is 0.312. The van der Waals surface area contributed by atoms with Crippen molar-refractivity contribution in [1.29, 1.82) is 0 Å². The summed E-state index contributed by atoms with van der Waals surface area (Å²) in [5.41, 5.74) is 5.81. The lowest BCUT2D eigenvalue weighted by molar-refractivity contribution is -0.116. The highest BCUT2D eigenvalue weighted by Gasteiger charge is 2.16. The average molecular weight is 411 g/mol.